The van der Waals surface area contributed by atoms with E-state index in [1.54, 1.807) is 0 Å². The Labute approximate surface area is 72.3 Å². The topological polar surface area (TPSA) is 55.4 Å². The first kappa shape index (κ1) is 10.9. The van der Waals surface area contributed by atoms with Gasteiger partial charge in [0.25, 0.3) is 0 Å². The summed E-state index contributed by atoms with van der Waals surface area (Å²) in [5, 5.41) is 2.60. The molecule has 0 aromatic heterocycles. The lowest BCUT2D eigenvalue weighted by Crippen LogP contribution is -2.41. The number of ether oxygens (including phenoxy) is 1. The number of hydrogen-bond donors (Lipinski definition) is 1. The first-order valence-electron chi connectivity index (χ1n) is 3.84. The average molecular weight is 173 g/mol. The van der Waals surface area contributed by atoms with Crippen molar-refractivity contribution in [1.29, 1.82) is 0 Å². The van der Waals surface area contributed by atoms with E-state index in [9.17, 15) is 9.59 Å². The number of aldehydes is 1. The van der Waals surface area contributed by atoms with Crippen molar-refractivity contribution < 1.29 is 14.3 Å². The molecule has 0 atom stereocenters. The van der Waals surface area contributed by atoms with Crippen LogP contribution in [0.15, 0.2) is 0 Å². The Kier molecular flexibility index (Phi) is 4.33. The third-order valence-electron chi connectivity index (χ3n) is 0.946. The van der Waals surface area contributed by atoms with Crippen LogP contribution < -0.4 is 5.32 Å². The highest BCUT2D eigenvalue weighted by Gasteiger charge is 2.13. The Balaban J connectivity index is 3.53. The third kappa shape index (κ3) is 7.05. The second-order valence-electron chi connectivity index (χ2n) is 3.47. The third-order valence-corrected chi connectivity index (χ3v) is 0.946. The van der Waals surface area contributed by atoms with Crippen LogP contribution in [0.4, 0.5) is 4.79 Å². The summed E-state index contributed by atoms with van der Waals surface area (Å²) in [7, 11) is 0. The predicted molar refractivity (Wildman–Crippen MR) is 44.9 cm³/mol. The van der Waals surface area contributed by atoms with Crippen molar-refractivity contribution in [3.8, 4) is 0 Å². The van der Waals surface area contributed by atoms with Crippen LogP contribution in [0, 0.1) is 0 Å². The van der Waals surface area contributed by atoms with Crippen molar-refractivity contribution in [2.24, 2.45) is 0 Å². The molecule has 0 bridgehead atoms. The molecule has 0 aromatic carbocycles. The fourth-order valence-electron chi connectivity index (χ4n) is 0.542. The van der Waals surface area contributed by atoms with Crippen molar-refractivity contribution in [3.05, 3.63) is 0 Å². The van der Waals surface area contributed by atoms with Gasteiger partial charge >= 0.3 is 6.09 Å². The van der Waals surface area contributed by atoms with Crippen LogP contribution >= 0.6 is 0 Å². The summed E-state index contributed by atoms with van der Waals surface area (Å²) < 4.78 is 4.68. The van der Waals surface area contributed by atoms with Gasteiger partial charge in [0.05, 0.1) is 6.61 Å². The zero-order valence-electron chi connectivity index (χ0n) is 7.72. The number of rotatable bonds is 3. The Hall–Kier alpha value is -1.06. The Morgan fingerprint density at radius 3 is 2.50 bits per heavy atom. The molecule has 0 unspecified atom stereocenters. The second-order valence-corrected chi connectivity index (χ2v) is 3.47. The summed E-state index contributed by atoms with van der Waals surface area (Å²) in [6.45, 7) is 5.71. The van der Waals surface area contributed by atoms with E-state index < -0.39 is 6.09 Å². The van der Waals surface area contributed by atoms with Crippen molar-refractivity contribution in [3.63, 3.8) is 0 Å². The molecule has 0 fully saturated rings. The minimum absolute atomic E-state index is 0.144. The maximum Gasteiger partial charge on any atom is 0.407 e. The van der Waals surface area contributed by atoms with Gasteiger partial charge in [-0.05, 0) is 20.8 Å². The number of carbonyl (C=O) groups excluding carboxylic acids is 2. The van der Waals surface area contributed by atoms with Gasteiger partial charge in [-0.1, -0.05) is 0 Å². The number of amides is 1. The van der Waals surface area contributed by atoms with Crippen LogP contribution in [0.5, 0.6) is 0 Å². The van der Waals surface area contributed by atoms with E-state index in [0.29, 0.717) is 6.29 Å². The van der Waals surface area contributed by atoms with Crippen LogP contribution in [0.2, 0.25) is 0 Å². The molecule has 4 nitrogen and oxygen atoms in total. The minimum Gasteiger partial charge on any atom is -0.449 e. The molecule has 0 saturated heterocycles. The lowest BCUT2D eigenvalue weighted by molar-refractivity contribution is -0.108. The second kappa shape index (κ2) is 4.74. The maximum absolute atomic E-state index is 10.9. The SMILES string of the molecule is CC(C)(C)NC(=O)OCCC=O. The van der Waals surface area contributed by atoms with E-state index in [4.69, 9.17) is 0 Å². The van der Waals surface area contributed by atoms with E-state index in [1.807, 2.05) is 20.8 Å². The number of alkyl carbamates (subject to hydrolysis) is 1. The zero-order valence-corrected chi connectivity index (χ0v) is 7.72. The fourth-order valence-corrected chi connectivity index (χ4v) is 0.542. The molecule has 0 radical (unpaired) electrons. The smallest absolute Gasteiger partial charge is 0.407 e. The van der Waals surface area contributed by atoms with E-state index >= 15 is 0 Å². The van der Waals surface area contributed by atoms with Crippen molar-refractivity contribution >= 4 is 12.4 Å². The molecule has 0 spiro atoms. The lowest BCUT2D eigenvalue weighted by Gasteiger charge is -2.19. The van der Waals surface area contributed by atoms with Gasteiger partial charge in [-0.2, -0.15) is 0 Å². The predicted octanol–water partition coefficient (Wildman–Crippen LogP) is 1.10. The standard InChI is InChI=1S/C8H15NO3/c1-8(2,3)9-7(11)12-6-4-5-10/h5H,4,6H2,1-3H3,(H,9,11). The maximum atomic E-state index is 10.9. The molecule has 1 N–H and O–H groups in total. The molecule has 0 aliphatic heterocycles. The highest BCUT2D eigenvalue weighted by molar-refractivity contribution is 5.68. The molecule has 0 saturated carbocycles. The normalized spacial score (nSPS) is 10.6. The molecular formula is C8H15NO3. The summed E-state index contributed by atoms with van der Waals surface area (Å²) >= 11 is 0. The first-order chi connectivity index (χ1) is 5.45. The van der Waals surface area contributed by atoms with Crippen LogP contribution in [-0.2, 0) is 9.53 Å². The van der Waals surface area contributed by atoms with Crippen molar-refractivity contribution in [2.45, 2.75) is 32.7 Å². The van der Waals surface area contributed by atoms with Crippen LogP contribution in [0.25, 0.3) is 0 Å². The fraction of sp³-hybridized carbons (Fsp3) is 0.750. The highest BCUT2D eigenvalue weighted by Crippen LogP contribution is 1.98. The largest absolute Gasteiger partial charge is 0.449 e. The Bertz CT molecular complexity index is 160. The van der Waals surface area contributed by atoms with Crippen molar-refractivity contribution in [2.75, 3.05) is 6.61 Å². The monoisotopic (exact) mass is 173 g/mol. The van der Waals surface area contributed by atoms with E-state index in [-0.39, 0.29) is 18.6 Å². The van der Waals surface area contributed by atoms with Gasteiger partial charge in [0.1, 0.15) is 6.29 Å². The van der Waals surface area contributed by atoms with Gasteiger partial charge in [-0.25, -0.2) is 4.79 Å². The molecule has 70 valence electrons. The quantitative estimate of drug-likeness (QED) is 0.513. The Morgan fingerprint density at radius 1 is 1.50 bits per heavy atom. The van der Waals surface area contributed by atoms with Crippen molar-refractivity contribution in [1.82, 2.24) is 5.32 Å². The van der Waals surface area contributed by atoms with E-state index in [2.05, 4.69) is 10.1 Å². The average Bonchev–Trinajstić information content (AvgIpc) is 1.84. The van der Waals surface area contributed by atoms with Crippen LogP contribution in [-0.4, -0.2) is 24.5 Å². The number of nitrogens with one attached hydrogen (secondary N) is 1. The molecule has 4 heteroatoms. The molecule has 0 heterocycles. The molecule has 0 rings (SSSR count). The molecule has 0 aliphatic rings. The van der Waals surface area contributed by atoms with Gasteiger partial charge in [0, 0.05) is 12.0 Å². The molecule has 0 aromatic rings. The van der Waals surface area contributed by atoms with E-state index in [1.165, 1.54) is 0 Å². The molecule has 0 aliphatic carbocycles. The minimum atomic E-state index is -0.482. The summed E-state index contributed by atoms with van der Waals surface area (Å²) in [6.07, 6.45) is 0.478. The van der Waals surface area contributed by atoms with E-state index in [0.717, 1.165) is 0 Å². The Morgan fingerprint density at radius 2 is 2.08 bits per heavy atom. The number of hydrogen-bond acceptors (Lipinski definition) is 3. The molecule has 1 amide bonds. The lowest BCUT2D eigenvalue weighted by atomic mass is 10.1. The first-order valence-corrected chi connectivity index (χ1v) is 3.84. The van der Waals surface area contributed by atoms with Gasteiger partial charge in [0.2, 0.25) is 0 Å². The molecular weight excluding hydrogens is 158 g/mol. The van der Waals surface area contributed by atoms with Gasteiger partial charge < -0.3 is 14.8 Å². The summed E-state index contributed by atoms with van der Waals surface area (Å²) in [5.41, 5.74) is -0.293. The molecule has 12 heavy (non-hydrogen) atoms. The summed E-state index contributed by atoms with van der Waals surface area (Å²) in [5.74, 6) is 0. The summed E-state index contributed by atoms with van der Waals surface area (Å²) in [4.78, 5) is 20.7. The zero-order chi connectivity index (χ0) is 9.61. The van der Waals surface area contributed by atoms with Gasteiger partial charge in [0.15, 0.2) is 0 Å². The van der Waals surface area contributed by atoms with Gasteiger partial charge in [-0.15, -0.1) is 0 Å². The number of carbonyl (C=O) groups is 2. The van der Waals surface area contributed by atoms with Crippen LogP contribution in [0.3, 0.4) is 0 Å². The highest BCUT2D eigenvalue weighted by atomic mass is 16.5. The summed E-state index contributed by atoms with van der Waals surface area (Å²) in [6, 6.07) is 0. The van der Waals surface area contributed by atoms with Crippen LogP contribution in [0.1, 0.15) is 27.2 Å². The van der Waals surface area contributed by atoms with Gasteiger partial charge in [-0.3, -0.25) is 0 Å².